The van der Waals surface area contributed by atoms with Crippen LogP contribution in [0.4, 0.5) is 0 Å². The number of carbonyl (C=O) groups is 1. The van der Waals surface area contributed by atoms with Crippen molar-refractivity contribution in [1.82, 2.24) is 4.98 Å². The van der Waals surface area contributed by atoms with E-state index in [4.69, 9.17) is 34.8 Å². The number of hydrogen-bond donors (Lipinski definition) is 1. The van der Waals surface area contributed by atoms with E-state index in [1.54, 1.807) is 48.8 Å². The smallest absolute Gasteiger partial charge is 0.195 e. The molecular weight excluding hydrogens is 341 g/mol. The number of rotatable bonds is 3. The lowest BCUT2D eigenvalue weighted by Crippen LogP contribution is -2.01. The molecule has 0 saturated heterocycles. The highest BCUT2D eigenvalue weighted by Crippen LogP contribution is 2.35. The van der Waals surface area contributed by atoms with Crippen molar-refractivity contribution in [1.29, 1.82) is 0 Å². The monoisotopic (exact) mass is 349 g/mol. The van der Waals surface area contributed by atoms with Crippen LogP contribution in [-0.4, -0.2) is 10.8 Å². The van der Waals surface area contributed by atoms with Crippen LogP contribution in [0.25, 0.3) is 11.1 Å². The van der Waals surface area contributed by atoms with E-state index < -0.39 is 0 Å². The summed E-state index contributed by atoms with van der Waals surface area (Å²) in [5.41, 5.74) is 2.52. The molecule has 2 nitrogen and oxygen atoms in total. The highest BCUT2D eigenvalue weighted by Gasteiger charge is 2.18. The molecule has 0 aliphatic carbocycles. The normalized spacial score (nSPS) is 10.7. The minimum absolute atomic E-state index is 0.107. The summed E-state index contributed by atoms with van der Waals surface area (Å²) < 4.78 is 0. The molecule has 1 heterocycles. The van der Waals surface area contributed by atoms with Crippen molar-refractivity contribution < 1.29 is 4.79 Å². The van der Waals surface area contributed by atoms with Gasteiger partial charge >= 0.3 is 0 Å². The Bertz CT molecular complexity index is 837. The van der Waals surface area contributed by atoms with E-state index in [9.17, 15) is 4.79 Å². The van der Waals surface area contributed by atoms with E-state index in [-0.39, 0.29) is 5.78 Å². The average Bonchev–Trinajstić information content (AvgIpc) is 2.99. The number of halogens is 3. The molecule has 1 aromatic heterocycles. The van der Waals surface area contributed by atoms with Gasteiger partial charge in [-0.2, -0.15) is 0 Å². The molecular formula is C17H10Cl3NO. The maximum Gasteiger partial charge on any atom is 0.195 e. The SMILES string of the molecule is O=C(c1ccc(Cl)cc1)c1c[nH]cc1-c1cccc(Cl)c1Cl. The van der Waals surface area contributed by atoms with Gasteiger partial charge in [-0.1, -0.05) is 46.9 Å². The molecule has 1 N–H and O–H groups in total. The van der Waals surface area contributed by atoms with Crippen molar-refractivity contribution in [3.8, 4) is 11.1 Å². The minimum Gasteiger partial charge on any atom is -0.366 e. The van der Waals surface area contributed by atoms with Gasteiger partial charge < -0.3 is 4.98 Å². The quantitative estimate of drug-likeness (QED) is 0.588. The molecule has 5 heteroatoms. The van der Waals surface area contributed by atoms with Crippen molar-refractivity contribution in [2.24, 2.45) is 0 Å². The van der Waals surface area contributed by atoms with Crippen LogP contribution in [0.15, 0.2) is 54.9 Å². The van der Waals surface area contributed by atoms with E-state index in [1.165, 1.54) is 0 Å². The maximum atomic E-state index is 12.7. The minimum atomic E-state index is -0.107. The number of aromatic nitrogens is 1. The number of aromatic amines is 1. The molecule has 22 heavy (non-hydrogen) atoms. The van der Waals surface area contributed by atoms with Crippen molar-refractivity contribution in [3.05, 3.63) is 81.1 Å². The molecule has 0 aliphatic heterocycles. The molecule has 0 unspecified atom stereocenters. The first-order valence-corrected chi connectivity index (χ1v) is 7.63. The van der Waals surface area contributed by atoms with E-state index in [1.807, 2.05) is 6.07 Å². The number of hydrogen-bond acceptors (Lipinski definition) is 1. The molecule has 0 spiro atoms. The van der Waals surface area contributed by atoms with Crippen molar-refractivity contribution >= 4 is 40.6 Å². The number of H-pyrrole nitrogens is 1. The fourth-order valence-corrected chi connectivity index (χ4v) is 2.77. The Morgan fingerprint density at radius 2 is 1.59 bits per heavy atom. The van der Waals surface area contributed by atoms with Gasteiger partial charge in [0.1, 0.15) is 0 Å². The van der Waals surface area contributed by atoms with Crippen LogP contribution < -0.4 is 0 Å². The Balaban J connectivity index is 2.07. The third-order valence-corrected chi connectivity index (χ3v) is 4.41. The zero-order valence-corrected chi connectivity index (χ0v) is 13.5. The van der Waals surface area contributed by atoms with Crippen LogP contribution >= 0.6 is 34.8 Å². The first-order chi connectivity index (χ1) is 10.6. The van der Waals surface area contributed by atoms with Gasteiger partial charge in [0.25, 0.3) is 0 Å². The van der Waals surface area contributed by atoms with E-state index >= 15 is 0 Å². The molecule has 0 radical (unpaired) electrons. The second kappa shape index (κ2) is 6.17. The highest BCUT2D eigenvalue weighted by molar-refractivity contribution is 6.43. The Kier molecular flexibility index (Phi) is 4.25. The molecule has 0 fully saturated rings. The Morgan fingerprint density at radius 3 is 2.32 bits per heavy atom. The van der Waals surface area contributed by atoms with Gasteiger partial charge in [-0.05, 0) is 30.3 Å². The number of nitrogens with one attached hydrogen (secondary N) is 1. The van der Waals surface area contributed by atoms with Crippen LogP contribution in [0, 0.1) is 0 Å². The summed E-state index contributed by atoms with van der Waals surface area (Å²) in [4.78, 5) is 15.6. The summed E-state index contributed by atoms with van der Waals surface area (Å²) in [5, 5.41) is 1.46. The van der Waals surface area contributed by atoms with Crippen molar-refractivity contribution in [2.45, 2.75) is 0 Å². The Labute approximate surface area is 142 Å². The lowest BCUT2D eigenvalue weighted by Gasteiger charge is -2.07. The summed E-state index contributed by atoms with van der Waals surface area (Å²) in [6.07, 6.45) is 3.39. The second-order valence-corrected chi connectivity index (χ2v) is 5.94. The van der Waals surface area contributed by atoms with Gasteiger partial charge in [0, 0.05) is 39.7 Å². The first kappa shape index (κ1) is 15.2. The molecule has 3 rings (SSSR count). The standard InChI is InChI=1S/C17H10Cl3NO/c18-11-6-4-10(5-7-11)17(22)14-9-21-8-13(14)12-2-1-3-15(19)16(12)20/h1-9,21H. The second-order valence-electron chi connectivity index (χ2n) is 4.72. The van der Waals surface area contributed by atoms with Crippen LogP contribution in [0.2, 0.25) is 15.1 Å². The van der Waals surface area contributed by atoms with Gasteiger partial charge in [-0.15, -0.1) is 0 Å². The fourth-order valence-electron chi connectivity index (χ4n) is 2.24. The molecule has 110 valence electrons. The van der Waals surface area contributed by atoms with Crippen LogP contribution in [-0.2, 0) is 0 Å². The predicted octanol–water partition coefficient (Wildman–Crippen LogP) is 5.87. The van der Waals surface area contributed by atoms with Gasteiger partial charge in [-0.25, -0.2) is 0 Å². The first-order valence-electron chi connectivity index (χ1n) is 6.49. The van der Waals surface area contributed by atoms with Crippen LogP contribution in [0.5, 0.6) is 0 Å². The number of carbonyl (C=O) groups excluding carboxylic acids is 1. The lowest BCUT2D eigenvalue weighted by molar-refractivity contribution is 0.103. The number of benzene rings is 2. The van der Waals surface area contributed by atoms with Gasteiger partial charge in [0.05, 0.1) is 10.0 Å². The van der Waals surface area contributed by atoms with E-state index in [2.05, 4.69) is 4.98 Å². The molecule has 0 amide bonds. The van der Waals surface area contributed by atoms with E-state index in [0.29, 0.717) is 37.3 Å². The van der Waals surface area contributed by atoms with Crippen molar-refractivity contribution in [2.75, 3.05) is 0 Å². The van der Waals surface area contributed by atoms with Gasteiger partial charge in [0.2, 0.25) is 0 Å². The zero-order valence-electron chi connectivity index (χ0n) is 11.2. The average molecular weight is 351 g/mol. The molecule has 0 atom stereocenters. The molecule has 0 saturated carbocycles. The van der Waals surface area contributed by atoms with E-state index in [0.717, 1.165) is 0 Å². The highest BCUT2D eigenvalue weighted by atomic mass is 35.5. The third kappa shape index (κ3) is 2.78. The lowest BCUT2D eigenvalue weighted by atomic mass is 9.98. The molecule has 3 aromatic rings. The Morgan fingerprint density at radius 1 is 0.864 bits per heavy atom. The zero-order chi connectivity index (χ0) is 15.7. The largest absolute Gasteiger partial charge is 0.366 e. The van der Waals surface area contributed by atoms with Crippen LogP contribution in [0.1, 0.15) is 15.9 Å². The summed E-state index contributed by atoms with van der Waals surface area (Å²) >= 11 is 18.2. The molecule has 0 bridgehead atoms. The summed E-state index contributed by atoms with van der Waals surface area (Å²) in [6.45, 7) is 0. The molecule has 0 aliphatic rings. The topological polar surface area (TPSA) is 32.9 Å². The number of ketones is 1. The van der Waals surface area contributed by atoms with Crippen molar-refractivity contribution in [3.63, 3.8) is 0 Å². The Hall–Kier alpha value is -1.74. The van der Waals surface area contributed by atoms with Gasteiger partial charge in [-0.3, -0.25) is 4.79 Å². The summed E-state index contributed by atoms with van der Waals surface area (Å²) in [7, 11) is 0. The third-order valence-electron chi connectivity index (χ3n) is 3.34. The predicted molar refractivity (Wildman–Crippen MR) is 91.1 cm³/mol. The summed E-state index contributed by atoms with van der Waals surface area (Å²) in [6, 6.07) is 12.1. The maximum absolute atomic E-state index is 12.7. The van der Waals surface area contributed by atoms with Crippen LogP contribution in [0.3, 0.4) is 0 Å². The fraction of sp³-hybridized carbons (Fsp3) is 0. The summed E-state index contributed by atoms with van der Waals surface area (Å²) in [5.74, 6) is -0.107. The van der Waals surface area contributed by atoms with Gasteiger partial charge in [0.15, 0.2) is 5.78 Å². The molecule has 2 aromatic carbocycles.